The highest BCUT2D eigenvalue weighted by Gasteiger charge is 2.41. The second kappa shape index (κ2) is 5.59. The minimum absolute atomic E-state index is 0.123. The van der Waals surface area contributed by atoms with E-state index < -0.39 is 12.1 Å². The number of hydrogen-bond acceptors (Lipinski definition) is 2. The number of hydrogen-bond donors (Lipinski definition) is 1. The summed E-state index contributed by atoms with van der Waals surface area (Å²) in [7, 11) is 0. The molecule has 106 valence electrons. The molecule has 1 aliphatic rings. The molecule has 1 aromatic rings. The zero-order valence-electron chi connectivity index (χ0n) is 10.4. The molecule has 0 amide bonds. The summed E-state index contributed by atoms with van der Waals surface area (Å²) in [5, 5.41) is 0.549. The van der Waals surface area contributed by atoms with Crippen molar-refractivity contribution in [2.24, 2.45) is 11.7 Å². The van der Waals surface area contributed by atoms with E-state index in [1.807, 2.05) is 17.0 Å². The van der Waals surface area contributed by atoms with Gasteiger partial charge in [0.1, 0.15) is 0 Å². The van der Waals surface area contributed by atoms with Crippen LogP contribution in [0.1, 0.15) is 18.4 Å². The van der Waals surface area contributed by atoms with Crippen LogP contribution in [0.25, 0.3) is 0 Å². The summed E-state index contributed by atoms with van der Waals surface area (Å²) in [6.07, 6.45) is -3.84. The first-order chi connectivity index (χ1) is 8.91. The highest BCUT2D eigenvalue weighted by Crippen LogP contribution is 2.37. The Morgan fingerprint density at radius 2 is 1.89 bits per heavy atom. The second-order valence-electron chi connectivity index (χ2n) is 4.79. The predicted octanol–water partition coefficient (Wildman–Crippen LogP) is 3.58. The fraction of sp³-hybridized carbons (Fsp3) is 0.538. The topological polar surface area (TPSA) is 29.3 Å². The lowest BCUT2D eigenvalue weighted by Crippen LogP contribution is -2.39. The van der Waals surface area contributed by atoms with Gasteiger partial charge in [0.05, 0.1) is 16.6 Å². The fourth-order valence-electron chi connectivity index (χ4n) is 2.38. The molecule has 0 unspecified atom stereocenters. The molecule has 1 aliphatic heterocycles. The van der Waals surface area contributed by atoms with Crippen LogP contribution in [0, 0.1) is 5.92 Å². The summed E-state index contributed by atoms with van der Waals surface area (Å²) in [6.45, 7) is 1.16. The number of nitrogens with two attached hydrogens (primary N) is 1. The highest BCUT2D eigenvalue weighted by molar-refractivity contribution is 6.33. The van der Waals surface area contributed by atoms with Crippen molar-refractivity contribution in [3.05, 3.63) is 28.8 Å². The molecule has 1 aromatic carbocycles. The Kier molecular flexibility index (Phi) is 4.26. The van der Waals surface area contributed by atoms with E-state index in [1.165, 1.54) is 0 Å². The van der Waals surface area contributed by atoms with E-state index in [0.717, 1.165) is 11.3 Å². The van der Waals surface area contributed by atoms with Crippen LogP contribution in [0.3, 0.4) is 0 Å². The monoisotopic (exact) mass is 292 g/mol. The van der Waals surface area contributed by atoms with Crippen LogP contribution in [0.2, 0.25) is 5.02 Å². The van der Waals surface area contributed by atoms with Gasteiger partial charge in [0.15, 0.2) is 0 Å². The molecule has 2 nitrogen and oxygen atoms in total. The molecule has 6 heteroatoms. The van der Waals surface area contributed by atoms with Gasteiger partial charge in [-0.15, -0.1) is 0 Å². The Hall–Kier alpha value is -0.940. The minimum atomic E-state index is -4.08. The van der Waals surface area contributed by atoms with Crippen molar-refractivity contribution < 1.29 is 13.2 Å². The Balaban J connectivity index is 2.06. The highest BCUT2D eigenvalue weighted by atomic mass is 35.5. The van der Waals surface area contributed by atoms with Crippen molar-refractivity contribution in [3.63, 3.8) is 0 Å². The molecule has 1 heterocycles. The van der Waals surface area contributed by atoms with Crippen LogP contribution in [0.4, 0.5) is 18.9 Å². The van der Waals surface area contributed by atoms with E-state index in [2.05, 4.69) is 0 Å². The Morgan fingerprint density at radius 3 is 2.37 bits per heavy atom. The third-order valence-corrected chi connectivity index (χ3v) is 3.85. The minimum Gasteiger partial charge on any atom is -0.370 e. The zero-order valence-corrected chi connectivity index (χ0v) is 11.1. The third-order valence-electron chi connectivity index (χ3n) is 3.55. The van der Waals surface area contributed by atoms with E-state index in [1.54, 1.807) is 6.07 Å². The fourth-order valence-corrected chi connectivity index (χ4v) is 2.70. The Morgan fingerprint density at radius 1 is 1.26 bits per heavy atom. The van der Waals surface area contributed by atoms with Gasteiger partial charge in [0.25, 0.3) is 0 Å². The van der Waals surface area contributed by atoms with Crippen molar-refractivity contribution in [1.82, 2.24) is 0 Å². The normalized spacial score (nSPS) is 17.8. The first-order valence-corrected chi connectivity index (χ1v) is 6.59. The number of piperidine rings is 1. The summed E-state index contributed by atoms with van der Waals surface area (Å²) < 4.78 is 37.8. The Bertz CT molecular complexity index is 440. The lowest BCUT2D eigenvalue weighted by Gasteiger charge is -2.34. The molecule has 0 spiro atoms. The second-order valence-corrected chi connectivity index (χ2v) is 5.20. The summed E-state index contributed by atoms with van der Waals surface area (Å²) in [6, 6.07) is 5.46. The van der Waals surface area contributed by atoms with Crippen molar-refractivity contribution in [1.29, 1.82) is 0 Å². The molecule has 0 bridgehead atoms. The lowest BCUT2D eigenvalue weighted by atomic mass is 9.96. The van der Waals surface area contributed by atoms with Gasteiger partial charge in [-0.1, -0.05) is 17.7 Å². The first-order valence-electron chi connectivity index (χ1n) is 6.22. The molecule has 1 saturated heterocycles. The maximum atomic E-state index is 12.6. The molecule has 2 rings (SSSR count). The molecular weight excluding hydrogens is 277 g/mol. The van der Waals surface area contributed by atoms with Crippen LogP contribution in [-0.2, 0) is 6.54 Å². The number of nitrogens with zero attached hydrogens (tertiary/aromatic N) is 1. The molecule has 2 N–H and O–H groups in total. The standard InChI is InChI=1S/C13H16ClF3N2/c14-11-7-9(8-18)1-2-12(11)19-5-3-10(4-6-19)13(15,16)17/h1-2,7,10H,3-6,8,18H2. The van der Waals surface area contributed by atoms with Gasteiger partial charge in [-0.2, -0.15) is 13.2 Å². The van der Waals surface area contributed by atoms with Gasteiger partial charge in [-0.05, 0) is 30.5 Å². The summed E-state index contributed by atoms with van der Waals surface area (Å²) in [4.78, 5) is 1.91. The zero-order chi connectivity index (χ0) is 14.0. The van der Waals surface area contributed by atoms with E-state index in [9.17, 15) is 13.2 Å². The van der Waals surface area contributed by atoms with Gasteiger partial charge in [0, 0.05) is 19.6 Å². The largest absolute Gasteiger partial charge is 0.391 e. The van der Waals surface area contributed by atoms with Crippen molar-refractivity contribution in [2.45, 2.75) is 25.6 Å². The number of rotatable bonds is 2. The summed E-state index contributed by atoms with van der Waals surface area (Å²) in [5.41, 5.74) is 7.22. The van der Waals surface area contributed by atoms with Crippen molar-refractivity contribution in [3.8, 4) is 0 Å². The van der Waals surface area contributed by atoms with Crippen LogP contribution in [0.5, 0.6) is 0 Å². The maximum Gasteiger partial charge on any atom is 0.391 e. The summed E-state index contributed by atoms with van der Waals surface area (Å²) in [5.74, 6) is -1.19. The van der Waals surface area contributed by atoms with Gasteiger partial charge < -0.3 is 10.6 Å². The smallest absolute Gasteiger partial charge is 0.370 e. The average molecular weight is 293 g/mol. The Labute approximate surface area is 115 Å². The molecule has 0 saturated carbocycles. The molecule has 0 radical (unpaired) electrons. The van der Waals surface area contributed by atoms with Crippen molar-refractivity contribution in [2.75, 3.05) is 18.0 Å². The molecule has 0 atom stereocenters. The van der Waals surface area contributed by atoms with Crippen LogP contribution < -0.4 is 10.6 Å². The predicted molar refractivity (Wildman–Crippen MR) is 70.3 cm³/mol. The third kappa shape index (κ3) is 3.34. The maximum absolute atomic E-state index is 12.6. The molecule has 0 aliphatic carbocycles. The van der Waals surface area contributed by atoms with Crippen molar-refractivity contribution >= 4 is 17.3 Å². The number of benzene rings is 1. The van der Waals surface area contributed by atoms with E-state index in [0.29, 0.717) is 24.7 Å². The number of halogens is 4. The number of anilines is 1. The van der Waals surface area contributed by atoms with Crippen LogP contribution >= 0.6 is 11.6 Å². The average Bonchev–Trinajstić information content (AvgIpc) is 2.37. The molecule has 1 fully saturated rings. The lowest BCUT2D eigenvalue weighted by molar-refractivity contribution is -0.179. The van der Waals surface area contributed by atoms with Crippen LogP contribution in [-0.4, -0.2) is 19.3 Å². The first kappa shape index (κ1) is 14.5. The van der Waals surface area contributed by atoms with Gasteiger partial charge in [-0.3, -0.25) is 0 Å². The van der Waals surface area contributed by atoms with E-state index in [-0.39, 0.29) is 12.8 Å². The van der Waals surface area contributed by atoms with Gasteiger partial charge >= 0.3 is 6.18 Å². The van der Waals surface area contributed by atoms with Gasteiger partial charge in [-0.25, -0.2) is 0 Å². The number of alkyl halides is 3. The van der Waals surface area contributed by atoms with Crippen LogP contribution in [0.15, 0.2) is 18.2 Å². The van der Waals surface area contributed by atoms with E-state index >= 15 is 0 Å². The molecule has 0 aromatic heterocycles. The summed E-state index contributed by atoms with van der Waals surface area (Å²) >= 11 is 6.15. The SMILES string of the molecule is NCc1ccc(N2CCC(C(F)(F)F)CC2)c(Cl)c1. The molecular formula is C13H16ClF3N2. The quantitative estimate of drug-likeness (QED) is 0.903. The van der Waals surface area contributed by atoms with Gasteiger partial charge in [0.2, 0.25) is 0 Å². The van der Waals surface area contributed by atoms with E-state index in [4.69, 9.17) is 17.3 Å². The molecule has 19 heavy (non-hydrogen) atoms.